The smallest absolute Gasteiger partial charge is 0.0276 e. The molecule has 1 radical (unpaired) electrons. The van der Waals surface area contributed by atoms with Crippen molar-refractivity contribution in [2.75, 3.05) is 0 Å². The fourth-order valence-electron chi connectivity index (χ4n) is 1.68. The highest BCUT2D eigenvalue weighted by Crippen LogP contribution is 2.10. The third kappa shape index (κ3) is 4.83. The summed E-state index contributed by atoms with van der Waals surface area (Å²) in [5, 5.41) is 0. The van der Waals surface area contributed by atoms with Gasteiger partial charge < -0.3 is 0 Å². The molecule has 0 spiro atoms. The molecule has 0 saturated carbocycles. The number of unbranched alkanes of at least 4 members (excludes halogenated alkanes) is 2. The minimum absolute atomic E-state index is 1.01. The predicted molar refractivity (Wildman–Crippen MR) is 66.9 cm³/mol. The van der Waals surface area contributed by atoms with Gasteiger partial charge in [0.05, 0.1) is 0 Å². The molecular weight excluding hydrogens is 180 g/mol. The molecule has 0 aliphatic carbocycles. The van der Waals surface area contributed by atoms with Crippen LogP contribution in [0.25, 0.3) is 0 Å². The van der Waals surface area contributed by atoms with Crippen LogP contribution in [0, 0.1) is 6.58 Å². The Morgan fingerprint density at radius 3 is 2.00 bits per heavy atom. The number of aryl methyl sites for hydroxylation is 2. The molecule has 0 unspecified atom stereocenters. The Morgan fingerprint density at radius 2 is 1.53 bits per heavy atom. The topological polar surface area (TPSA) is 0 Å². The maximum atomic E-state index is 5.35. The summed E-state index contributed by atoms with van der Waals surface area (Å²) in [5.41, 5.74) is 2.89. The molecule has 1 rings (SSSR count). The van der Waals surface area contributed by atoms with E-state index in [-0.39, 0.29) is 0 Å². The lowest BCUT2D eigenvalue weighted by molar-refractivity contribution is 0.793. The van der Waals surface area contributed by atoms with E-state index in [0.717, 1.165) is 19.3 Å². The first-order valence-electron chi connectivity index (χ1n) is 5.98. The van der Waals surface area contributed by atoms with E-state index in [1.807, 2.05) is 0 Å². The maximum Gasteiger partial charge on any atom is -0.0276 e. The molecule has 1 aromatic rings. The molecule has 0 saturated heterocycles. The van der Waals surface area contributed by atoms with Crippen molar-refractivity contribution < 1.29 is 0 Å². The van der Waals surface area contributed by atoms with Gasteiger partial charge in [0.15, 0.2) is 0 Å². The molecule has 0 aromatic heterocycles. The van der Waals surface area contributed by atoms with Gasteiger partial charge in [-0.1, -0.05) is 50.3 Å². The van der Waals surface area contributed by atoms with E-state index in [0.29, 0.717) is 0 Å². The fourth-order valence-corrected chi connectivity index (χ4v) is 1.68. The van der Waals surface area contributed by atoms with Crippen molar-refractivity contribution in [1.29, 1.82) is 0 Å². The number of hydrogen-bond donors (Lipinski definition) is 0. The zero-order chi connectivity index (χ0) is 10.9. The zero-order valence-electron chi connectivity index (χ0n) is 9.71. The molecule has 81 valence electrons. The van der Waals surface area contributed by atoms with Crippen molar-refractivity contribution in [2.45, 2.75) is 45.4 Å². The van der Waals surface area contributed by atoms with Crippen LogP contribution in [0.3, 0.4) is 0 Å². The third-order valence-corrected chi connectivity index (χ3v) is 2.68. The standard InChI is InChI=1S/C15H21/c1-3-5-7-9-15-12-10-14(11-13-15)8-6-4-2/h1,3,10-13H,4-9H2,2H3. The summed E-state index contributed by atoms with van der Waals surface area (Å²) < 4.78 is 0. The van der Waals surface area contributed by atoms with Crippen LogP contribution in [-0.2, 0) is 12.8 Å². The Morgan fingerprint density at radius 1 is 1.00 bits per heavy atom. The largest absolute Gasteiger partial charge is 0.0845 e. The van der Waals surface area contributed by atoms with Gasteiger partial charge in [0.1, 0.15) is 0 Å². The van der Waals surface area contributed by atoms with E-state index >= 15 is 0 Å². The van der Waals surface area contributed by atoms with Crippen LogP contribution in [0.2, 0.25) is 0 Å². The molecule has 0 heterocycles. The van der Waals surface area contributed by atoms with E-state index in [1.54, 1.807) is 6.08 Å². The van der Waals surface area contributed by atoms with Gasteiger partial charge in [-0.15, -0.1) is 0 Å². The van der Waals surface area contributed by atoms with Crippen LogP contribution in [0.5, 0.6) is 0 Å². The molecule has 0 amide bonds. The van der Waals surface area contributed by atoms with Crippen LogP contribution in [0.4, 0.5) is 0 Å². The molecule has 0 nitrogen and oxygen atoms in total. The minimum atomic E-state index is 1.01. The fraction of sp³-hybridized carbons (Fsp3) is 0.467. The van der Waals surface area contributed by atoms with E-state index < -0.39 is 0 Å². The SMILES string of the molecule is [CH]=CCCCc1ccc(CCCC)cc1. The van der Waals surface area contributed by atoms with Crippen LogP contribution in [0.1, 0.15) is 43.7 Å². The quantitative estimate of drug-likeness (QED) is 0.576. The van der Waals surface area contributed by atoms with Crippen molar-refractivity contribution in [1.82, 2.24) is 0 Å². The van der Waals surface area contributed by atoms with E-state index in [1.165, 1.54) is 30.4 Å². The normalized spacial score (nSPS) is 10.2. The van der Waals surface area contributed by atoms with Crippen molar-refractivity contribution in [3.8, 4) is 0 Å². The van der Waals surface area contributed by atoms with Crippen LogP contribution in [-0.4, -0.2) is 0 Å². The molecule has 0 bridgehead atoms. The Balaban J connectivity index is 2.38. The summed E-state index contributed by atoms with van der Waals surface area (Å²) in [6, 6.07) is 9.03. The molecule has 15 heavy (non-hydrogen) atoms. The summed E-state index contributed by atoms with van der Waals surface area (Å²) in [6.45, 7) is 7.58. The Hall–Kier alpha value is -1.04. The third-order valence-electron chi connectivity index (χ3n) is 2.68. The van der Waals surface area contributed by atoms with Crippen molar-refractivity contribution in [3.63, 3.8) is 0 Å². The monoisotopic (exact) mass is 201 g/mol. The molecule has 0 N–H and O–H groups in total. The highest BCUT2D eigenvalue weighted by Gasteiger charge is 1.94. The highest BCUT2D eigenvalue weighted by molar-refractivity contribution is 5.22. The Labute approximate surface area is 94.0 Å². The molecule has 0 aliphatic rings. The lowest BCUT2D eigenvalue weighted by atomic mass is 10.0. The Bertz CT molecular complexity index is 269. The Kier molecular flexibility index (Phi) is 5.84. The zero-order valence-corrected chi connectivity index (χ0v) is 9.71. The average molecular weight is 201 g/mol. The summed E-state index contributed by atoms with van der Waals surface area (Å²) >= 11 is 0. The van der Waals surface area contributed by atoms with Crippen molar-refractivity contribution in [3.05, 3.63) is 48.0 Å². The van der Waals surface area contributed by atoms with Crippen molar-refractivity contribution in [2.24, 2.45) is 0 Å². The summed E-state index contributed by atoms with van der Waals surface area (Å²) in [5.74, 6) is 0. The van der Waals surface area contributed by atoms with Gasteiger partial charge in [0.25, 0.3) is 0 Å². The van der Waals surface area contributed by atoms with Gasteiger partial charge in [-0.25, -0.2) is 0 Å². The van der Waals surface area contributed by atoms with Gasteiger partial charge in [-0.2, -0.15) is 0 Å². The van der Waals surface area contributed by atoms with Gasteiger partial charge >= 0.3 is 0 Å². The van der Waals surface area contributed by atoms with Gasteiger partial charge in [0, 0.05) is 0 Å². The highest BCUT2D eigenvalue weighted by atomic mass is 14.0. The van der Waals surface area contributed by atoms with Gasteiger partial charge in [0.2, 0.25) is 0 Å². The number of benzene rings is 1. The van der Waals surface area contributed by atoms with Crippen LogP contribution < -0.4 is 0 Å². The molecular formula is C15H21. The van der Waals surface area contributed by atoms with Gasteiger partial charge in [-0.3, -0.25) is 0 Å². The molecule has 0 aliphatic heterocycles. The summed E-state index contributed by atoms with van der Waals surface area (Å²) in [7, 11) is 0. The van der Waals surface area contributed by atoms with Gasteiger partial charge in [-0.05, 0) is 43.2 Å². The molecule has 0 atom stereocenters. The minimum Gasteiger partial charge on any atom is -0.0845 e. The molecule has 0 fully saturated rings. The predicted octanol–water partition coefficient (Wildman–Crippen LogP) is 4.34. The summed E-state index contributed by atoms with van der Waals surface area (Å²) in [6.07, 6.45) is 8.84. The first-order valence-corrected chi connectivity index (χ1v) is 5.98. The van der Waals surface area contributed by atoms with E-state index in [9.17, 15) is 0 Å². The second kappa shape index (κ2) is 7.28. The van der Waals surface area contributed by atoms with Crippen LogP contribution >= 0.6 is 0 Å². The first-order chi connectivity index (χ1) is 7.36. The number of rotatable bonds is 7. The maximum absolute atomic E-state index is 5.35. The second-order valence-electron chi connectivity index (χ2n) is 4.05. The van der Waals surface area contributed by atoms with E-state index in [2.05, 4.69) is 31.2 Å². The lowest BCUT2D eigenvalue weighted by Crippen LogP contribution is -1.88. The van der Waals surface area contributed by atoms with Crippen LogP contribution in [0.15, 0.2) is 30.3 Å². The summed E-state index contributed by atoms with van der Waals surface area (Å²) in [4.78, 5) is 0. The lowest BCUT2D eigenvalue weighted by Gasteiger charge is -2.03. The second-order valence-corrected chi connectivity index (χ2v) is 4.05. The van der Waals surface area contributed by atoms with Crippen molar-refractivity contribution >= 4 is 0 Å². The number of allylic oxidation sites excluding steroid dienone is 1. The molecule has 1 aromatic carbocycles. The molecule has 0 heteroatoms. The number of hydrogen-bond acceptors (Lipinski definition) is 0. The van der Waals surface area contributed by atoms with E-state index in [4.69, 9.17) is 6.58 Å². The average Bonchev–Trinajstić information content (AvgIpc) is 2.28. The first kappa shape index (κ1) is 12.0.